The van der Waals surface area contributed by atoms with Gasteiger partial charge >= 0.3 is 0 Å². The maximum Gasteiger partial charge on any atom is 0.0417 e. The molecule has 0 amide bonds. The van der Waals surface area contributed by atoms with E-state index in [1.807, 2.05) is 24.3 Å². The maximum absolute atomic E-state index is 9.35. The summed E-state index contributed by atoms with van der Waals surface area (Å²) in [5, 5.41) is 11.2. The van der Waals surface area contributed by atoms with Crippen LogP contribution in [0.3, 0.4) is 0 Å². The van der Waals surface area contributed by atoms with Crippen LogP contribution in [0.1, 0.15) is 0 Å². The number of phenols is 1. The van der Waals surface area contributed by atoms with Crippen molar-refractivity contribution in [2.45, 2.75) is 0 Å². The van der Waals surface area contributed by atoms with Crippen molar-refractivity contribution < 1.29 is 37.8 Å². The first-order valence-electron chi connectivity index (χ1n) is 3.46. The van der Waals surface area contributed by atoms with Gasteiger partial charge in [0.2, 0.25) is 0 Å². The molecule has 0 saturated heterocycles. The van der Waals surface area contributed by atoms with Crippen molar-refractivity contribution in [2.24, 2.45) is 0 Å². The molecule has 2 heteroatoms. The van der Waals surface area contributed by atoms with Crippen LogP contribution in [0.25, 0.3) is 10.8 Å². The van der Waals surface area contributed by atoms with E-state index in [-0.39, 0.29) is 32.7 Å². The largest absolute Gasteiger partial charge is 0.527 e. The van der Waals surface area contributed by atoms with Crippen molar-refractivity contribution in [3.8, 4) is 5.75 Å². The molecule has 12 heavy (non-hydrogen) atoms. The quantitative estimate of drug-likeness (QED) is 0.691. The van der Waals surface area contributed by atoms with Gasteiger partial charge in [0.1, 0.15) is 0 Å². The summed E-state index contributed by atoms with van der Waals surface area (Å²) in [5.74, 6) is 0.319. The number of rotatable bonds is 0. The van der Waals surface area contributed by atoms with Gasteiger partial charge in [0.05, 0.1) is 0 Å². The molecule has 2 rings (SSSR count). The van der Waals surface area contributed by atoms with Crippen LogP contribution < -0.4 is 0 Å². The van der Waals surface area contributed by atoms with E-state index in [0.717, 1.165) is 10.8 Å². The van der Waals surface area contributed by atoms with Crippen molar-refractivity contribution in [3.63, 3.8) is 0 Å². The van der Waals surface area contributed by atoms with Crippen molar-refractivity contribution >= 4 is 10.8 Å². The average molecular weight is 232 g/mol. The van der Waals surface area contributed by atoms with Crippen LogP contribution in [0.5, 0.6) is 5.75 Å². The molecule has 0 bridgehead atoms. The number of phenolic OH excluding ortho intramolecular Hbond substituents is 1. The smallest absolute Gasteiger partial charge is 0.0417 e. The molecule has 0 unspecified atom stereocenters. The number of aromatic hydroxyl groups is 1. The molecule has 2 aromatic rings. The fourth-order valence-corrected chi connectivity index (χ4v) is 1.13. The minimum absolute atomic E-state index is 0. The van der Waals surface area contributed by atoms with Gasteiger partial charge in [-0.15, -0.1) is 35.7 Å². The summed E-state index contributed by atoms with van der Waals surface area (Å²) >= 11 is 0. The molecule has 0 atom stereocenters. The minimum Gasteiger partial charge on any atom is -0.527 e. The Morgan fingerprint density at radius 2 is 1.83 bits per heavy atom. The summed E-state index contributed by atoms with van der Waals surface area (Å²) in [6, 6.07) is 14.0. The summed E-state index contributed by atoms with van der Waals surface area (Å²) < 4.78 is 0. The van der Waals surface area contributed by atoms with Crippen LogP contribution in [0.2, 0.25) is 0 Å². The Kier molecular flexibility index (Phi) is 3.24. The first-order chi connectivity index (χ1) is 5.38. The molecule has 1 N–H and O–H groups in total. The first kappa shape index (κ1) is 9.69. The van der Waals surface area contributed by atoms with Crippen molar-refractivity contribution in [3.05, 3.63) is 42.5 Å². The summed E-state index contributed by atoms with van der Waals surface area (Å²) in [6.45, 7) is 0. The number of fused-ring (bicyclic) bond motifs is 1. The van der Waals surface area contributed by atoms with Crippen LogP contribution in [-0.4, -0.2) is 5.11 Å². The molecule has 0 heterocycles. The predicted octanol–water partition coefficient (Wildman–Crippen LogP) is 2.34. The fraction of sp³-hybridized carbons (Fsp3) is 0. The van der Waals surface area contributed by atoms with Crippen molar-refractivity contribution in [1.29, 1.82) is 0 Å². The molecular formula is C10H7OY-. The van der Waals surface area contributed by atoms with Gasteiger partial charge in [-0.1, -0.05) is 17.5 Å². The van der Waals surface area contributed by atoms with Crippen LogP contribution in [0, 0.1) is 6.07 Å². The van der Waals surface area contributed by atoms with E-state index >= 15 is 0 Å². The number of hydrogen-bond acceptors (Lipinski definition) is 1. The third-order valence-corrected chi connectivity index (χ3v) is 1.68. The summed E-state index contributed by atoms with van der Waals surface area (Å²) in [6.07, 6.45) is 0. The second-order valence-corrected chi connectivity index (χ2v) is 2.41. The normalized spacial score (nSPS) is 9.33. The zero-order valence-electron chi connectivity index (χ0n) is 6.49. The first-order valence-corrected chi connectivity index (χ1v) is 3.46. The fourth-order valence-electron chi connectivity index (χ4n) is 1.13. The van der Waals surface area contributed by atoms with E-state index in [1.165, 1.54) is 0 Å². The van der Waals surface area contributed by atoms with Gasteiger partial charge in [0.25, 0.3) is 0 Å². The molecule has 0 aliphatic carbocycles. The molecule has 2 aromatic carbocycles. The van der Waals surface area contributed by atoms with Crippen molar-refractivity contribution in [2.75, 3.05) is 0 Å². The standard InChI is InChI=1S/C10H7O.Y/c11-10-7-3-5-8-4-1-2-6-9(8)10;/h1-4,6-7,11H;/q-1;. The van der Waals surface area contributed by atoms with E-state index in [9.17, 15) is 5.11 Å². The third-order valence-electron chi connectivity index (χ3n) is 1.68. The van der Waals surface area contributed by atoms with Gasteiger partial charge in [-0.3, -0.25) is 0 Å². The van der Waals surface area contributed by atoms with Crippen LogP contribution in [-0.2, 0) is 32.7 Å². The van der Waals surface area contributed by atoms with Gasteiger partial charge in [-0.05, 0) is 0 Å². The Hall–Kier alpha value is -0.396. The second kappa shape index (κ2) is 4.02. The predicted molar refractivity (Wildman–Crippen MR) is 44.4 cm³/mol. The average Bonchev–Trinajstić information content (AvgIpc) is 2.06. The Bertz CT molecular complexity index is 379. The molecular weight excluding hydrogens is 225 g/mol. The molecule has 57 valence electrons. The van der Waals surface area contributed by atoms with E-state index < -0.39 is 0 Å². The Balaban J connectivity index is 0.000000720. The molecule has 0 spiro atoms. The molecule has 1 nitrogen and oxygen atoms in total. The SMILES string of the molecule is Oc1cc[c-]c2ccccc12.[Y]. The molecule has 0 fully saturated rings. The van der Waals surface area contributed by atoms with Crippen LogP contribution >= 0.6 is 0 Å². The van der Waals surface area contributed by atoms with Gasteiger partial charge < -0.3 is 5.11 Å². The second-order valence-electron chi connectivity index (χ2n) is 2.41. The van der Waals surface area contributed by atoms with Gasteiger partial charge in [-0.25, -0.2) is 0 Å². The Labute approximate surface area is 96.3 Å². The molecule has 0 saturated carbocycles. The van der Waals surface area contributed by atoms with E-state index in [2.05, 4.69) is 6.07 Å². The molecule has 0 aromatic heterocycles. The molecule has 0 aliphatic heterocycles. The monoisotopic (exact) mass is 232 g/mol. The summed E-state index contributed by atoms with van der Waals surface area (Å²) in [4.78, 5) is 0. The maximum atomic E-state index is 9.35. The summed E-state index contributed by atoms with van der Waals surface area (Å²) in [5.41, 5.74) is 0. The topological polar surface area (TPSA) is 20.2 Å². The third kappa shape index (κ3) is 1.67. The Morgan fingerprint density at radius 1 is 1.08 bits per heavy atom. The number of benzene rings is 2. The molecule has 1 radical (unpaired) electrons. The molecule has 0 aliphatic rings. The van der Waals surface area contributed by atoms with Crippen LogP contribution in [0.4, 0.5) is 0 Å². The minimum atomic E-state index is 0. The van der Waals surface area contributed by atoms with E-state index in [1.54, 1.807) is 12.1 Å². The van der Waals surface area contributed by atoms with Crippen LogP contribution in [0.15, 0.2) is 36.4 Å². The van der Waals surface area contributed by atoms with E-state index in [0.29, 0.717) is 5.75 Å². The van der Waals surface area contributed by atoms with Gasteiger partial charge in [-0.2, -0.15) is 0 Å². The van der Waals surface area contributed by atoms with Gasteiger partial charge in [0.15, 0.2) is 0 Å². The zero-order valence-corrected chi connectivity index (χ0v) is 9.33. The van der Waals surface area contributed by atoms with E-state index in [4.69, 9.17) is 0 Å². The summed E-state index contributed by atoms with van der Waals surface area (Å²) in [7, 11) is 0. The number of hydrogen-bond donors (Lipinski definition) is 1. The van der Waals surface area contributed by atoms with Gasteiger partial charge in [0, 0.05) is 38.5 Å². The Morgan fingerprint density at radius 3 is 2.58 bits per heavy atom. The van der Waals surface area contributed by atoms with Crippen molar-refractivity contribution in [1.82, 2.24) is 0 Å². The zero-order chi connectivity index (χ0) is 7.68.